The lowest BCUT2D eigenvalue weighted by molar-refractivity contribution is 0.0735. The molecule has 6 heteroatoms. The van der Waals surface area contributed by atoms with Gasteiger partial charge >= 0.3 is 0 Å². The Kier molecular flexibility index (Phi) is 3.47. The fourth-order valence-electron chi connectivity index (χ4n) is 2.57. The van der Waals surface area contributed by atoms with Crippen molar-refractivity contribution in [3.63, 3.8) is 0 Å². The van der Waals surface area contributed by atoms with Crippen LogP contribution in [0.25, 0.3) is 5.82 Å². The van der Waals surface area contributed by atoms with Gasteiger partial charge in [0, 0.05) is 31.5 Å². The van der Waals surface area contributed by atoms with Crippen molar-refractivity contribution in [1.29, 1.82) is 0 Å². The first-order valence-electron chi connectivity index (χ1n) is 6.77. The predicted octanol–water partition coefficient (Wildman–Crippen LogP) is 0.831. The number of likely N-dealkylation sites (tertiary alicyclic amines) is 1. The Morgan fingerprint density at radius 3 is 3.05 bits per heavy atom. The summed E-state index contributed by atoms with van der Waals surface area (Å²) in [6, 6.07) is 7.35. The molecule has 1 unspecified atom stereocenters. The van der Waals surface area contributed by atoms with E-state index >= 15 is 0 Å². The Balaban J connectivity index is 1.87. The molecule has 0 aromatic carbocycles. The van der Waals surface area contributed by atoms with Crippen molar-refractivity contribution in [1.82, 2.24) is 19.7 Å². The molecule has 1 amide bonds. The monoisotopic (exact) mass is 271 g/mol. The van der Waals surface area contributed by atoms with Crippen LogP contribution in [0.5, 0.6) is 0 Å². The summed E-state index contributed by atoms with van der Waals surface area (Å²) in [5, 5.41) is 4.12. The fraction of sp³-hybridized carbons (Fsp3) is 0.357. The van der Waals surface area contributed by atoms with Gasteiger partial charge in [-0.15, -0.1) is 0 Å². The van der Waals surface area contributed by atoms with Crippen molar-refractivity contribution < 1.29 is 4.79 Å². The summed E-state index contributed by atoms with van der Waals surface area (Å²) < 4.78 is 1.64. The molecule has 1 saturated heterocycles. The Hall–Kier alpha value is -2.21. The molecule has 0 aliphatic carbocycles. The van der Waals surface area contributed by atoms with Crippen LogP contribution in [0.15, 0.2) is 36.7 Å². The molecule has 1 aliphatic heterocycles. The summed E-state index contributed by atoms with van der Waals surface area (Å²) in [6.45, 7) is 1.26. The van der Waals surface area contributed by atoms with Crippen LogP contribution >= 0.6 is 0 Å². The van der Waals surface area contributed by atoms with Crippen molar-refractivity contribution in [2.75, 3.05) is 13.1 Å². The van der Waals surface area contributed by atoms with Gasteiger partial charge in [-0.3, -0.25) is 4.79 Å². The van der Waals surface area contributed by atoms with E-state index in [1.165, 1.54) is 0 Å². The highest BCUT2D eigenvalue weighted by molar-refractivity contribution is 5.92. The van der Waals surface area contributed by atoms with Crippen molar-refractivity contribution in [3.8, 4) is 5.82 Å². The predicted molar refractivity (Wildman–Crippen MR) is 74.5 cm³/mol. The van der Waals surface area contributed by atoms with Gasteiger partial charge in [-0.05, 0) is 31.0 Å². The number of carbonyl (C=O) groups is 1. The molecule has 1 fully saturated rings. The van der Waals surface area contributed by atoms with Gasteiger partial charge in [0.05, 0.1) is 0 Å². The molecule has 6 nitrogen and oxygen atoms in total. The summed E-state index contributed by atoms with van der Waals surface area (Å²) in [5.41, 5.74) is 6.16. The minimum atomic E-state index is -0.0491. The molecular weight excluding hydrogens is 254 g/mol. The second-order valence-corrected chi connectivity index (χ2v) is 4.86. The van der Waals surface area contributed by atoms with E-state index in [4.69, 9.17) is 5.73 Å². The van der Waals surface area contributed by atoms with E-state index in [-0.39, 0.29) is 11.9 Å². The van der Waals surface area contributed by atoms with E-state index in [2.05, 4.69) is 10.1 Å². The first-order valence-corrected chi connectivity index (χ1v) is 6.77. The number of rotatable bonds is 3. The molecule has 0 spiro atoms. The molecule has 3 rings (SSSR count). The molecule has 0 bridgehead atoms. The van der Waals surface area contributed by atoms with Crippen LogP contribution in [-0.4, -0.2) is 44.7 Å². The van der Waals surface area contributed by atoms with Crippen LogP contribution in [0.3, 0.4) is 0 Å². The van der Waals surface area contributed by atoms with Gasteiger partial charge in [0.1, 0.15) is 5.69 Å². The van der Waals surface area contributed by atoms with Crippen molar-refractivity contribution in [3.05, 3.63) is 42.4 Å². The Morgan fingerprint density at radius 1 is 1.40 bits per heavy atom. The van der Waals surface area contributed by atoms with Gasteiger partial charge in [-0.1, -0.05) is 6.07 Å². The quantitative estimate of drug-likeness (QED) is 0.897. The van der Waals surface area contributed by atoms with E-state index < -0.39 is 0 Å². The van der Waals surface area contributed by atoms with Crippen LogP contribution in [-0.2, 0) is 0 Å². The van der Waals surface area contributed by atoms with E-state index in [1.807, 2.05) is 23.1 Å². The Bertz CT molecular complexity index is 595. The van der Waals surface area contributed by atoms with E-state index in [1.54, 1.807) is 23.1 Å². The topological polar surface area (TPSA) is 77.0 Å². The van der Waals surface area contributed by atoms with Crippen molar-refractivity contribution in [2.24, 2.45) is 5.73 Å². The van der Waals surface area contributed by atoms with Gasteiger partial charge in [0.2, 0.25) is 0 Å². The number of aromatic nitrogens is 3. The highest BCUT2D eigenvalue weighted by Crippen LogP contribution is 2.19. The molecule has 0 saturated carbocycles. The summed E-state index contributed by atoms with van der Waals surface area (Å²) >= 11 is 0. The minimum absolute atomic E-state index is 0.0491. The number of nitrogens with zero attached hydrogens (tertiary/aromatic N) is 4. The Morgan fingerprint density at radius 2 is 2.30 bits per heavy atom. The fourth-order valence-corrected chi connectivity index (χ4v) is 2.57. The molecule has 20 heavy (non-hydrogen) atoms. The van der Waals surface area contributed by atoms with Gasteiger partial charge < -0.3 is 10.6 Å². The van der Waals surface area contributed by atoms with Crippen LogP contribution in [0.4, 0.5) is 0 Å². The lowest BCUT2D eigenvalue weighted by atomic mass is 10.2. The zero-order chi connectivity index (χ0) is 13.9. The molecule has 3 heterocycles. The minimum Gasteiger partial charge on any atom is -0.333 e. The molecule has 104 valence electrons. The number of amides is 1. The Labute approximate surface area is 117 Å². The first-order chi connectivity index (χ1) is 9.79. The smallest absolute Gasteiger partial charge is 0.272 e. The van der Waals surface area contributed by atoms with Crippen molar-refractivity contribution >= 4 is 5.91 Å². The first kappa shape index (κ1) is 12.8. The van der Waals surface area contributed by atoms with Gasteiger partial charge in [0.25, 0.3) is 5.91 Å². The maximum atomic E-state index is 12.5. The molecular formula is C14H17N5O. The molecule has 1 aliphatic rings. The maximum absolute atomic E-state index is 12.5. The van der Waals surface area contributed by atoms with Gasteiger partial charge in [0.15, 0.2) is 5.82 Å². The lowest BCUT2D eigenvalue weighted by Gasteiger charge is -2.23. The van der Waals surface area contributed by atoms with E-state index in [9.17, 15) is 4.79 Å². The number of hydrogen-bond donors (Lipinski definition) is 1. The third kappa shape index (κ3) is 2.30. The summed E-state index contributed by atoms with van der Waals surface area (Å²) in [5.74, 6) is 0.594. The third-order valence-electron chi connectivity index (χ3n) is 3.60. The summed E-state index contributed by atoms with van der Waals surface area (Å²) in [7, 11) is 0. The summed E-state index contributed by atoms with van der Waals surface area (Å²) in [6.07, 6.45) is 5.46. The number of pyridine rings is 1. The van der Waals surface area contributed by atoms with Crippen LogP contribution in [0, 0.1) is 0 Å². The second kappa shape index (κ2) is 5.42. The van der Waals surface area contributed by atoms with Gasteiger partial charge in [-0.25, -0.2) is 9.67 Å². The zero-order valence-corrected chi connectivity index (χ0v) is 11.1. The van der Waals surface area contributed by atoms with E-state index in [0.717, 1.165) is 19.4 Å². The zero-order valence-electron chi connectivity index (χ0n) is 11.1. The molecule has 2 N–H and O–H groups in total. The molecule has 2 aromatic heterocycles. The average molecular weight is 271 g/mol. The normalized spacial score (nSPS) is 18.4. The molecule has 1 atom stereocenters. The third-order valence-corrected chi connectivity index (χ3v) is 3.60. The van der Waals surface area contributed by atoms with E-state index in [0.29, 0.717) is 18.1 Å². The van der Waals surface area contributed by atoms with Crippen molar-refractivity contribution in [2.45, 2.75) is 18.9 Å². The molecule has 2 aromatic rings. The number of hydrogen-bond acceptors (Lipinski definition) is 4. The lowest BCUT2D eigenvalue weighted by Crippen LogP contribution is -2.40. The van der Waals surface area contributed by atoms with Crippen LogP contribution in [0.1, 0.15) is 23.3 Å². The van der Waals surface area contributed by atoms with Gasteiger partial charge in [-0.2, -0.15) is 5.10 Å². The maximum Gasteiger partial charge on any atom is 0.272 e. The van der Waals surface area contributed by atoms with Crippen LogP contribution < -0.4 is 5.73 Å². The average Bonchev–Trinajstić information content (AvgIpc) is 3.17. The highest BCUT2D eigenvalue weighted by atomic mass is 16.2. The number of carbonyl (C=O) groups excluding carboxylic acids is 1. The largest absolute Gasteiger partial charge is 0.333 e. The van der Waals surface area contributed by atoms with Crippen LogP contribution in [0.2, 0.25) is 0 Å². The highest BCUT2D eigenvalue weighted by Gasteiger charge is 2.29. The summed E-state index contributed by atoms with van der Waals surface area (Å²) in [4.78, 5) is 18.7. The number of nitrogens with two attached hydrogens (primary N) is 1. The SMILES string of the molecule is NCC1CCCN1C(=O)c1cccc(-n2cccn2)n1. The second-order valence-electron chi connectivity index (χ2n) is 4.86. The molecule has 0 radical (unpaired) electrons. The standard InChI is InChI=1S/C14H17N5O/c15-10-11-4-2-8-18(11)14(20)12-5-1-6-13(17-12)19-9-3-7-16-19/h1,3,5-7,9,11H,2,4,8,10,15H2.